The van der Waals surface area contributed by atoms with Crippen LogP contribution in [0.15, 0.2) is 24.4 Å². The first-order chi connectivity index (χ1) is 14.3. The van der Waals surface area contributed by atoms with Crippen molar-refractivity contribution in [2.75, 3.05) is 5.32 Å². The number of aromatic nitrogens is 3. The Kier molecular flexibility index (Phi) is 5.04. The van der Waals surface area contributed by atoms with Crippen LogP contribution in [0.1, 0.15) is 47.5 Å². The molecule has 0 aliphatic carbocycles. The van der Waals surface area contributed by atoms with Crippen molar-refractivity contribution >= 4 is 29.3 Å². The van der Waals surface area contributed by atoms with E-state index in [9.17, 15) is 24.3 Å². The van der Waals surface area contributed by atoms with E-state index in [1.807, 2.05) is 0 Å². The van der Waals surface area contributed by atoms with Gasteiger partial charge in [-0.25, -0.2) is 4.68 Å². The van der Waals surface area contributed by atoms with Crippen LogP contribution in [-0.2, 0) is 27.5 Å². The zero-order chi connectivity index (χ0) is 21.4. The number of nitrogens with zero attached hydrogens (tertiary/aromatic N) is 4. The summed E-state index contributed by atoms with van der Waals surface area (Å²) in [6.45, 7) is 1.59. The van der Waals surface area contributed by atoms with Gasteiger partial charge in [0.05, 0.1) is 12.3 Å². The van der Waals surface area contributed by atoms with E-state index in [4.69, 9.17) is 0 Å². The summed E-state index contributed by atoms with van der Waals surface area (Å²) >= 11 is 0. The summed E-state index contributed by atoms with van der Waals surface area (Å²) in [7, 11) is 0. The summed E-state index contributed by atoms with van der Waals surface area (Å²) in [4.78, 5) is 50.3. The first kappa shape index (κ1) is 19.7. The number of benzene rings is 1. The van der Waals surface area contributed by atoms with Crippen LogP contribution in [0.4, 0.5) is 5.69 Å². The largest absolute Gasteiger partial charge is 0.387 e. The molecule has 156 valence electrons. The van der Waals surface area contributed by atoms with Crippen molar-refractivity contribution in [3.05, 3.63) is 41.2 Å². The maximum atomic E-state index is 12.8. The van der Waals surface area contributed by atoms with Gasteiger partial charge in [0, 0.05) is 29.8 Å². The highest BCUT2D eigenvalue weighted by Gasteiger charge is 2.39. The van der Waals surface area contributed by atoms with E-state index in [-0.39, 0.29) is 43.7 Å². The zero-order valence-corrected chi connectivity index (χ0v) is 16.2. The van der Waals surface area contributed by atoms with Crippen molar-refractivity contribution in [2.45, 2.75) is 45.0 Å². The number of aliphatic hydroxyl groups is 1. The fourth-order valence-corrected chi connectivity index (χ4v) is 3.62. The van der Waals surface area contributed by atoms with Gasteiger partial charge in [-0.05, 0) is 25.5 Å². The predicted octanol–water partition coefficient (Wildman–Crippen LogP) is -0.269. The predicted molar refractivity (Wildman–Crippen MR) is 102 cm³/mol. The minimum absolute atomic E-state index is 0.117. The van der Waals surface area contributed by atoms with E-state index >= 15 is 0 Å². The number of fused-ring (bicyclic) bond motifs is 1. The van der Waals surface area contributed by atoms with E-state index < -0.39 is 18.1 Å². The summed E-state index contributed by atoms with van der Waals surface area (Å²) in [5.41, 5.74) is 1.85. The summed E-state index contributed by atoms with van der Waals surface area (Å²) < 4.78 is 1.31. The number of nitrogens with one attached hydrogen (secondary N) is 2. The van der Waals surface area contributed by atoms with Gasteiger partial charge in [0.1, 0.15) is 18.3 Å². The number of aliphatic hydroxyl groups excluding tert-OH is 1. The van der Waals surface area contributed by atoms with Gasteiger partial charge >= 0.3 is 0 Å². The lowest BCUT2D eigenvalue weighted by Crippen LogP contribution is -2.52. The quantitative estimate of drug-likeness (QED) is 0.573. The van der Waals surface area contributed by atoms with Crippen LogP contribution in [0.2, 0.25) is 0 Å². The summed E-state index contributed by atoms with van der Waals surface area (Å²) in [5, 5.41) is 22.1. The minimum Gasteiger partial charge on any atom is -0.387 e. The van der Waals surface area contributed by atoms with Crippen molar-refractivity contribution in [2.24, 2.45) is 0 Å². The van der Waals surface area contributed by atoms with Gasteiger partial charge in [0.25, 0.3) is 5.91 Å². The molecule has 4 amide bonds. The van der Waals surface area contributed by atoms with E-state index in [1.165, 1.54) is 15.8 Å². The highest BCUT2D eigenvalue weighted by Crippen LogP contribution is 2.32. The number of piperidine rings is 1. The van der Waals surface area contributed by atoms with Gasteiger partial charge in [0.15, 0.2) is 0 Å². The van der Waals surface area contributed by atoms with Gasteiger partial charge in [-0.2, -0.15) is 0 Å². The molecule has 0 spiro atoms. The maximum Gasteiger partial charge on any atom is 0.255 e. The molecule has 2 unspecified atom stereocenters. The molecule has 30 heavy (non-hydrogen) atoms. The summed E-state index contributed by atoms with van der Waals surface area (Å²) in [6, 6.07) is 4.26. The molecule has 3 heterocycles. The third-order valence-corrected chi connectivity index (χ3v) is 5.15. The molecule has 11 nitrogen and oxygen atoms in total. The molecule has 1 fully saturated rings. The Bertz CT molecular complexity index is 1050. The van der Waals surface area contributed by atoms with Gasteiger partial charge in [-0.15, -0.1) is 5.10 Å². The number of rotatable bonds is 5. The second-order valence-corrected chi connectivity index (χ2v) is 7.30. The number of hydrogen-bond donors (Lipinski definition) is 3. The SMILES string of the molecule is CC(O)c1cn(CC(=O)Nc2cccc3c2CN(C2CCC(=O)NC2=O)C3=O)nn1. The first-order valence-electron chi connectivity index (χ1n) is 9.48. The molecule has 2 aliphatic rings. The number of hydrogen-bond acceptors (Lipinski definition) is 7. The standard InChI is InChI=1S/C19H20N6O5/c1-10(26)14-8-24(23-22-14)9-17(28)20-13-4-2-3-11-12(13)7-25(19(11)30)15-5-6-16(27)21-18(15)29/h2-4,8,10,15,26H,5-7,9H2,1H3,(H,20,28)(H,21,27,29). The number of carbonyl (C=O) groups excluding carboxylic acids is 4. The van der Waals surface area contributed by atoms with Crippen molar-refractivity contribution in [3.63, 3.8) is 0 Å². The van der Waals surface area contributed by atoms with Crippen LogP contribution in [0.3, 0.4) is 0 Å². The van der Waals surface area contributed by atoms with Gasteiger partial charge < -0.3 is 15.3 Å². The molecule has 0 bridgehead atoms. The van der Waals surface area contributed by atoms with E-state index in [2.05, 4.69) is 20.9 Å². The summed E-state index contributed by atoms with van der Waals surface area (Å²) in [5.74, 6) is -1.52. The monoisotopic (exact) mass is 412 g/mol. The summed E-state index contributed by atoms with van der Waals surface area (Å²) in [6.07, 6.45) is 1.13. The Morgan fingerprint density at radius 1 is 1.37 bits per heavy atom. The number of carbonyl (C=O) groups is 4. The zero-order valence-electron chi connectivity index (χ0n) is 16.2. The molecule has 0 saturated carbocycles. The molecule has 1 saturated heterocycles. The Morgan fingerprint density at radius 3 is 2.87 bits per heavy atom. The number of imide groups is 1. The average molecular weight is 412 g/mol. The van der Waals surface area contributed by atoms with Crippen LogP contribution < -0.4 is 10.6 Å². The number of amides is 4. The minimum atomic E-state index is -0.788. The van der Waals surface area contributed by atoms with Crippen molar-refractivity contribution in [1.82, 2.24) is 25.2 Å². The van der Waals surface area contributed by atoms with E-state index in [0.29, 0.717) is 22.5 Å². The van der Waals surface area contributed by atoms with Crippen LogP contribution in [0.25, 0.3) is 0 Å². The Labute approximate surface area is 171 Å². The highest BCUT2D eigenvalue weighted by molar-refractivity contribution is 6.06. The van der Waals surface area contributed by atoms with Crippen molar-refractivity contribution in [3.8, 4) is 0 Å². The molecule has 3 N–H and O–H groups in total. The van der Waals surface area contributed by atoms with E-state index in [1.54, 1.807) is 25.1 Å². The Balaban J connectivity index is 1.49. The average Bonchev–Trinajstić information content (AvgIpc) is 3.28. The second kappa shape index (κ2) is 7.67. The fourth-order valence-electron chi connectivity index (χ4n) is 3.62. The topological polar surface area (TPSA) is 147 Å². The third-order valence-electron chi connectivity index (χ3n) is 5.15. The molecule has 2 atom stereocenters. The molecule has 0 radical (unpaired) electrons. The maximum absolute atomic E-state index is 12.8. The molecular weight excluding hydrogens is 392 g/mol. The van der Waals surface area contributed by atoms with Crippen LogP contribution >= 0.6 is 0 Å². The van der Waals surface area contributed by atoms with E-state index in [0.717, 1.165) is 0 Å². The van der Waals surface area contributed by atoms with Gasteiger partial charge in [-0.3, -0.25) is 24.5 Å². The molecule has 2 aliphatic heterocycles. The lowest BCUT2D eigenvalue weighted by atomic mass is 10.0. The van der Waals surface area contributed by atoms with Crippen LogP contribution in [0.5, 0.6) is 0 Å². The Hall–Kier alpha value is -3.60. The molecule has 1 aromatic heterocycles. The molecular formula is C19H20N6O5. The van der Waals surface area contributed by atoms with Gasteiger partial charge in [-0.1, -0.05) is 11.3 Å². The Morgan fingerprint density at radius 2 is 2.17 bits per heavy atom. The highest BCUT2D eigenvalue weighted by atomic mass is 16.3. The first-order valence-corrected chi connectivity index (χ1v) is 9.48. The van der Waals surface area contributed by atoms with Crippen molar-refractivity contribution < 1.29 is 24.3 Å². The molecule has 2 aromatic rings. The fraction of sp³-hybridized carbons (Fsp3) is 0.368. The number of anilines is 1. The van der Waals surface area contributed by atoms with Crippen LogP contribution in [0, 0.1) is 0 Å². The van der Waals surface area contributed by atoms with Crippen LogP contribution in [-0.4, -0.2) is 54.7 Å². The third kappa shape index (κ3) is 3.66. The lowest BCUT2D eigenvalue weighted by Gasteiger charge is -2.29. The normalized spacial score (nSPS) is 19.5. The molecule has 4 rings (SSSR count). The molecule has 11 heteroatoms. The smallest absolute Gasteiger partial charge is 0.255 e. The van der Waals surface area contributed by atoms with Gasteiger partial charge in [0.2, 0.25) is 17.7 Å². The van der Waals surface area contributed by atoms with Crippen molar-refractivity contribution in [1.29, 1.82) is 0 Å². The lowest BCUT2D eigenvalue weighted by molar-refractivity contribution is -0.137. The second-order valence-electron chi connectivity index (χ2n) is 7.30. The molecule has 1 aromatic carbocycles.